The number of nitrogens with two attached hydrogens (primary N) is 1. The number of H-pyrrole nitrogens is 1. The second-order valence-electron chi connectivity index (χ2n) is 5.79. The fourth-order valence-electron chi connectivity index (χ4n) is 3.50. The summed E-state index contributed by atoms with van der Waals surface area (Å²) in [6.45, 7) is 0.555. The lowest BCUT2D eigenvalue weighted by Crippen LogP contribution is -2.43. The van der Waals surface area contributed by atoms with Crippen LogP contribution in [0.5, 0.6) is 0 Å². The fraction of sp³-hybridized carbons (Fsp3) is 0.167. The van der Waals surface area contributed by atoms with E-state index in [9.17, 15) is 9.18 Å². The molecular weight excluding hydrogens is 293 g/mol. The Bertz CT molecular complexity index is 902. The summed E-state index contributed by atoms with van der Waals surface area (Å²) in [7, 11) is 0. The SMILES string of the molecule is NC(=O)N1CCc2ccccc2C1c1c[nH]c2c(F)cccc12. The molecule has 0 fully saturated rings. The topological polar surface area (TPSA) is 62.1 Å². The van der Waals surface area contributed by atoms with Crippen molar-refractivity contribution in [2.75, 3.05) is 6.54 Å². The molecule has 2 amide bonds. The number of carbonyl (C=O) groups excluding carboxylic acids is 1. The van der Waals surface area contributed by atoms with Crippen molar-refractivity contribution in [1.29, 1.82) is 0 Å². The first-order valence-corrected chi connectivity index (χ1v) is 7.56. The lowest BCUT2D eigenvalue weighted by Gasteiger charge is -2.36. The van der Waals surface area contributed by atoms with E-state index in [1.165, 1.54) is 11.6 Å². The van der Waals surface area contributed by atoms with Crippen molar-refractivity contribution in [1.82, 2.24) is 9.88 Å². The largest absolute Gasteiger partial charge is 0.358 e. The third-order valence-corrected chi connectivity index (χ3v) is 4.56. The molecule has 2 aromatic carbocycles. The van der Waals surface area contributed by atoms with Crippen LogP contribution >= 0.6 is 0 Å². The molecule has 23 heavy (non-hydrogen) atoms. The Morgan fingerprint density at radius 1 is 1.17 bits per heavy atom. The number of fused-ring (bicyclic) bond motifs is 2. The van der Waals surface area contributed by atoms with Gasteiger partial charge in [0.05, 0.1) is 11.6 Å². The Hall–Kier alpha value is -2.82. The van der Waals surface area contributed by atoms with Gasteiger partial charge in [0.15, 0.2) is 0 Å². The predicted octanol–water partition coefficient (Wildman–Crippen LogP) is 3.33. The number of primary amides is 1. The molecule has 3 N–H and O–H groups in total. The molecule has 0 bridgehead atoms. The van der Waals surface area contributed by atoms with Gasteiger partial charge >= 0.3 is 6.03 Å². The van der Waals surface area contributed by atoms with Crippen LogP contribution in [0.25, 0.3) is 10.9 Å². The third kappa shape index (κ3) is 2.08. The van der Waals surface area contributed by atoms with Crippen LogP contribution in [-0.4, -0.2) is 22.5 Å². The van der Waals surface area contributed by atoms with Crippen molar-refractivity contribution in [3.05, 3.63) is 71.2 Å². The van der Waals surface area contributed by atoms with Crippen LogP contribution in [0, 0.1) is 5.82 Å². The molecule has 0 aliphatic carbocycles. The molecule has 1 aromatic heterocycles. The third-order valence-electron chi connectivity index (χ3n) is 4.56. The van der Waals surface area contributed by atoms with E-state index in [4.69, 9.17) is 5.73 Å². The molecule has 116 valence electrons. The minimum Gasteiger partial charge on any atom is -0.358 e. The summed E-state index contributed by atoms with van der Waals surface area (Å²) >= 11 is 0. The highest BCUT2D eigenvalue weighted by Gasteiger charge is 2.32. The van der Waals surface area contributed by atoms with Gasteiger partial charge in [0.2, 0.25) is 0 Å². The van der Waals surface area contributed by atoms with Crippen LogP contribution in [0.1, 0.15) is 22.7 Å². The number of halogens is 1. The monoisotopic (exact) mass is 309 g/mol. The highest BCUT2D eigenvalue weighted by atomic mass is 19.1. The molecule has 0 saturated heterocycles. The number of para-hydroxylation sites is 1. The number of aromatic nitrogens is 1. The maximum Gasteiger partial charge on any atom is 0.315 e. The Labute approximate surface area is 132 Å². The zero-order valence-corrected chi connectivity index (χ0v) is 12.4. The van der Waals surface area contributed by atoms with Crippen molar-refractivity contribution in [2.45, 2.75) is 12.5 Å². The van der Waals surface area contributed by atoms with E-state index in [0.29, 0.717) is 12.1 Å². The average Bonchev–Trinajstić information content (AvgIpc) is 2.98. The van der Waals surface area contributed by atoms with Gasteiger partial charge < -0.3 is 15.6 Å². The van der Waals surface area contributed by atoms with Gasteiger partial charge in [0.25, 0.3) is 0 Å². The second kappa shape index (κ2) is 5.12. The summed E-state index contributed by atoms with van der Waals surface area (Å²) in [5, 5.41) is 0.776. The molecule has 1 aliphatic heterocycles. The number of rotatable bonds is 1. The Balaban J connectivity index is 1.96. The van der Waals surface area contributed by atoms with E-state index in [2.05, 4.69) is 11.1 Å². The molecule has 5 heteroatoms. The van der Waals surface area contributed by atoms with Gasteiger partial charge in [-0.15, -0.1) is 0 Å². The molecular formula is C18H16FN3O. The van der Waals surface area contributed by atoms with Crippen molar-refractivity contribution in [3.8, 4) is 0 Å². The standard InChI is InChI=1S/C18H16FN3O/c19-15-7-3-6-13-14(10-21-16(13)15)17-12-5-2-1-4-11(12)8-9-22(17)18(20)23/h1-7,10,17,21H,8-9H2,(H2,20,23). The van der Waals surface area contributed by atoms with Gasteiger partial charge in [-0.05, 0) is 23.6 Å². The van der Waals surface area contributed by atoms with Crippen LogP contribution in [0.2, 0.25) is 0 Å². The van der Waals surface area contributed by atoms with Crippen LogP contribution in [0.3, 0.4) is 0 Å². The molecule has 4 rings (SSSR count). The van der Waals surface area contributed by atoms with Gasteiger partial charge in [-0.1, -0.05) is 36.4 Å². The van der Waals surface area contributed by atoms with E-state index in [1.807, 2.05) is 24.3 Å². The Kier molecular flexibility index (Phi) is 3.08. The summed E-state index contributed by atoms with van der Waals surface area (Å²) in [4.78, 5) is 16.6. The summed E-state index contributed by atoms with van der Waals surface area (Å²) < 4.78 is 14.0. The maximum absolute atomic E-state index is 14.0. The van der Waals surface area contributed by atoms with Gasteiger partial charge in [-0.3, -0.25) is 0 Å². The van der Waals surface area contributed by atoms with Crippen LogP contribution < -0.4 is 5.73 Å². The molecule has 0 radical (unpaired) electrons. The van der Waals surface area contributed by atoms with Crippen molar-refractivity contribution < 1.29 is 9.18 Å². The number of hydrogen-bond donors (Lipinski definition) is 2. The first-order chi connectivity index (χ1) is 11.2. The molecule has 2 heterocycles. The van der Waals surface area contributed by atoms with E-state index < -0.39 is 6.03 Å². The number of benzene rings is 2. The number of nitrogens with one attached hydrogen (secondary N) is 1. The Morgan fingerprint density at radius 2 is 2.00 bits per heavy atom. The number of urea groups is 1. The zero-order valence-electron chi connectivity index (χ0n) is 12.4. The number of amides is 2. The van der Waals surface area contributed by atoms with Gasteiger partial charge in [-0.2, -0.15) is 0 Å². The maximum atomic E-state index is 14.0. The van der Waals surface area contributed by atoms with Crippen LogP contribution in [0.4, 0.5) is 9.18 Å². The highest BCUT2D eigenvalue weighted by molar-refractivity contribution is 5.86. The molecule has 0 spiro atoms. The van der Waals surface area contributed by atoms with Crippen molar-refractivity contribution in [2.24, 2.45) is 5.73 Å². The van der Waals surface area contributed by atoms with Crippen molar-refractivity contribution >= 4 is 16.9 Å². The normalized spacial score (nSPS) is 17.3. The summed E-state index contributed by atoms with van der Waals surface area (Å²) in [6, 6.07) is 12.2. The van der Waals surface area contributed by atoms with Crippen LogP contribution in [0.15, 0.2) is 48.7 Å². The molecule has 1 atom stereocenters. The number of carbonyl (C=O) groups is 1. The quantitative estimate of drug-likeness (QED) is 0.711. The van der Waals surface area contributed by atoms with E-state index in [1.54, 1.807) is 17.2 Å². The number of hydrogen-bond acceptors (Lipinski definition) is 1. The van der Waals surface area contributed by atoms with Crippen LogP contribution in [-0.2, 0) is 6.42 Å². The van der Waals surface area contributed by atoms with Gasteiger partial charge in [-0.25, -0.2) is 9.18 Å². The average molecular weight is 309 g/mol. The summed E-state index contributed by atoms with van der Waals surface area (Å²) in [5.41, 5.74) is 9.16. The minimum atomic E-state index is -0.463. The van der Waals surface area contributed by atoms with E-state index >= 15 is 0 Å². The lowest BCUT2D eigenvalue weighted by atomic mass is 9.88. The summed E-state index contributed by atoms with van der Waals surface area (Å²) in [5.74, 6) is -0.302. The zero-order chi connectivity index (χ0) is 16.0. The highest BCUT2D eigenvalue weighted by Crippen LogP contribution is 2.38. The minimum absolute atomic E-state index is 0.298. The molecule has 1 unspecified atom stereocenters. The molecule has 1 aliphatic rings. The molecule has 4 nitrogen and oxygen atoms in total. The summed E-state index contributed by atoms with van der Waals surface area (Å²) in [6.07, 6.45) is 2.54. The second-order valence-corrected chi connectivity index (χ2v) is 5.79. The Morgan fingerprint density at radius 3 is 2.83 bits per heavy atom. The van der Waals surface area contributed by atoms with E-state index in [-0.39, 0.29) is 11.9 Å². The number of nitrogens with zero attached hydrogens (tertiary/aromatic N) is 1. The van der Waals surface area contributed by atoms with Gasteiger partial charge in [0.1, 0.15) is 5.82 Å². The predicted molar refractivity (Wildman–Crippen MR) is 86.5 cm³/mol. The molecule has 3 aromatic rings. The smallest absolute Gasteiger partial charge is 0.315 e. The molecule has 0 saturated carbocycles. The van der Waals surface area contributed by atoms with E-state index in [0.717, 1.165) is 22.9 Å². The van der Waals surface area contributed by atoms with Crippen molar-refractivity contribution in [3.63, 3.8) is 0 Å². The fourth-order valence-corrected chi connectivity index (χ4v) is 3.50. The van der Waals surface area contributed by atoms with Gasteiger partial charge in [0, 0.05) is 23.7 Å². The number of aromatic amines is 1. The first kappa shape index (κ1) is 13.8. The lowest BCUT2D eigenvalue weighted by molar-refractivity contribution is 0.190. The first-order valence-electron chi connectivity index (χ1n) is 7.56.